The summed E-state index contributed by atoms with van der Waals surface area (Å²) in [6.07, 6.45) is -3.31. The highest BCUT2D eigenvalue weighted by molar-refractivity contribution is 5.84. The van der Waals surface area contributed by atoms with Crippen LogP contribution in [0.15, 0.2) is 6.20 Å². The van der Waals surface area contributed by atoms with E-state index in [4.69, 9.17) is 10.4 Å². The lowest BCUT2D eigenvalue weighted by Crippen LogP contribution is -2.51. The molecule has 0 amide bonds. The number of nitriles is 1. The first-order valence-electron chi connectivity index (χ1n) is 5.65. The van der Waals surface area contributed by atoms with E-state index in [0.29, 0.717) is 0 Å². The molecular weight excluding hydrogens is 279 g/mol. The number of nitrogens with zero attached hydrogens (tertiary/aromatic N) is 5. The van der Waals surface area contributed by atoms with Crippen LogP contribution in [0.2, 0.25) is 0 Å². The number of halogens is 3. The summed E-state index contributed by atoms with van der Waals surface area (Å²) >= 11 is 0. The van der Waals surface area contributed by atoms with E-state index in [2.05, 4.69) is 10.3 Å². The zero-order chi connectivity index (χ0) is 14.9. The first-order valence-corrected chi connectivity index (χ1v) is 5.65. The van der Waals surface area contributed by atoms with Gasteiger partial charge in [0.2, 0.25) is 0 Å². The smallest absolute Gasteiger partial charge is 0.405 e. The minimum atomic E-state index is -4.54. The quantitative estimate of drug-likeness (QED) is 0.869. The third-order valence-electron chi connectivity index (χ3n) is 3.03. The first kappa shape index (κ1) is 14.3. The van der Waals surface area contributed by atoms with Crippen LogP contribution in [0.5, 0.6) is 0 Å². The van der Waals surface area contributed by atoms with E-state index in [0.717, 1.165) is 0 Å². The van der Waals surface area contributed by atoms with Gasteiger partial charge in [0.05, 0.1) is 18.3 Å². The Labute approximate surface area is 111 Å². The van der Waals surface area contributed by atoms with Gasteiger partial charge in [-0.15, -0.1) is 5.10 Å². The second kappa shape index (κ2) is 5.09. The highest BCUT2D eigenvalue weighted by Gasteiger charge is 2.43. The van der Waals surface area contributed by atoms with Crippen LogP contribution >= 0.6 is 0 Å². The Bertz CT molecular complexity index is 544. The van der Waals surface area contributed by atoms with Gasteiger partial charge in [-0.05, 0) is 0 Å². The highest BCUT2D eigenvalue weighted by Crippen LogP contribution is 2.29. The van der Waals surface area contributed by atoms with E-state index in [1.54, 1.807) is 0 Å². The van der Waals surface area contributed by atoms with E-state index in [1.807, 2.05) is 0 Å². The summed E-state index contributed by atoms with van der Waals surface area (Å²) in [5, 5.41) is 24.2. The molecule has 7 nitrogen and oxygen atoms in total. The van der Waals surface area contributed by atoms with Crippen molar-refractivity contribution in [2.24, 2.45) is 5.92 Å². The van der Waals surface area contributed by atoms with Gasteiger partial charge >= 0.3 is 12.1 Å². The number of likely N-dealkylation sites (tertiary alicyclic amines) is 1. The lowest BCUT2D eigenvalue weighted by atomic mass is 10.0. The lowest BCUT2D eigenvalue weighted by molar-refractivity contribution is -0.166. The highest BCUT2D eigenvalue weighted by atomic mass is 19.4. The number of carboxylic acids is 1. The number of alkyl halides is 3. The zero-order valence-electron chi connectivity index (χ0n) is 10.1. The molecule has 0 spiro atoms. The van der Waals surface area contributed by atoms with Gasteiger partial charge in [-0.1, -0.05) is 5.21 Å². The molecule has 20 heavy (non-hydrogen) atoms. The number of carboxylic acid groups (broad SMARTS) is 1. The number of hydrogen-bond acceptors (Lipinski definition) is 5. The standard InChI is InChI=1S/C10H10F3N5O2/c11-10(12,13)6(1-14)2-17-3-7(4-17)18-5-8(9(19)20)15-16-18/h5-7H,2-4H2,(H,19,20). The van der Waals surface area contributed by atoms with Gasteiger partial charge < -0.3 is 5.11 Å². The summed E-state index contributed by atoms with van der Waals surface area (Å²) in [7, 11) is 0. The third-order valence-corrected chi connectivity index (χ3v) is 3.03. The van der Waals surface area contributed by atoms with E-state index in [9.17, 15) is 18.0 Å². The molecule has 0 aromatic carbocycles. The number of aromatic carboxylic acids is 1. The summed E-state index contributed by atoms with van der Waals surface area (Å²) in [6.45, 7) is 0.157. The second-order valence-electron chi connectivity index (χ2n) is 4.48. The minimum Gasteiger partial charge on any atom is -0.476 e. The fourth-order valence-electron chi connectivity index (χ4n) is 1.89. The fourth-order valence-corrected chi connectivity index (χ4v) is 1.89. The molecule has 1 unspecified atom stereocenters. The average Bonchev–Trinajstić information content (AvgIpc) is 2.74. The van der Waals surface area contributed by atoms with Crippen molar-refractivity contribution in [1.82, 2.24) is 19.9 Å². The van der Waals surface area contributed by atoms with Gasteiger partial charge in [-0.25, -0.2) is 9.48 Å². The molecule has 1 aromatic heterocycles. The van der Waals surface area contributed by atoms with E-state index in [1.165, 1.54) is 21.8 Å². The van der Waals surface area contributed by atoms with Gasteiger partial charge in [0.15, 0.2) is 11.6 Å². The Kier molecular flexibility index (Phi) is 3.63. The predicted octanol–water partition coefficient (Wildman–Crippen LogP) is 0.535. The molecule has 0 aliphatic carbocycles. The largest absolute Gasteiger partial charge is 0.476 e. The van der Waals surface area contributed by atoms with Gasteiger partial charge in [-0.3, -0.25) is 4.90 Å². The second-order valence-corrected chi connectivity index (χ2v) is 4.48. The molecule has 2 heterocycles. The van der Waals surface area contributed by atoms with Gasteiger partial charge in [0.1, 0.15) is 0 Å². The molecule has 2 rings (SSSR count). The predicted molar refractivity (Wildman–Crippen MR) is 57.6 cm³/mol. The van der Waals surface area contributed by atoms with E-state index < -0.39 is 24.6 Å². The van der Waals surface area contributed by atoms with E-state index in [-0.39, 0.29) is 24.8 Å². The van der Waals surface area contributed by atoms with Crippen LogP contribution in [-0.2, 0) is 0 Å². The molecule has 108 valence electrons. The van der Waals surface area contributed by atoms with Crippen LogP contribution in [0.4, 0.5) is 13.2 Å². The summed E-state index contributed by atoms with van der Waals surface area (Å²) in [5.74, 6) is -3.23. The molecule has 1 N–H and O–H groups in total. The molecule has 0 radical (unpaired) electrons. The third kappa shape index (κ3) is 2.88. The van der Waals surface area contributed by atoms with E-state index >= 15 is 0 Å². The summed E-state index contributed by atoms with van der Waals surface area (Å²) in [5.41, 5.74) is -0.214. The maximum Gasteiger partial charge on any atom is 0.405 e. The molecular formula is C10H10F3N5O2. The number of aromatic nitrogens is 3. The van der Waals surface area contributed by atoms with Crippen LogP contribution < -0.4 is 0 Å². The fraction of sp³-hybridized carbons (Fsp3) is 0.600. The summed E-state index contributed by atoms with van der Waals surface area (Å²) < 4.78 is 38.5. The van der Waals surface area contributed by atoms with Crippen molar-refractivity contribution >= 4 is 5.97 Å². The Balaban J connectivity index is 1.88. The molecule has 1 aliphatic heterocycles. The van der Waals surface area contributed by atoms with Crippen molar-refractivity contribution < 1.29 is 23.1 Å². The topological polar surface area (TPSA) is 95.0 Å². The van der Waals surface area contributed by atoms with Crippen molar-refractivity contribution in [3.63, 3.8) is 0 Å². The molecule has 1 saturated heterocycles. The van der Waals surface area contributed by atoms with Crippen molar-refractivity contribution in [1.29, 1.82) is 5.26 Å². The Morgan fingerprint density at radius 1 is 1.60 bits per heavy atom. The average molecular weight is 289 g/mol. The Hall–Kier alpha value is -2.15. The Morgan fingerprint density at radius 2 is 2.25 bits per heavy atom. The molecule has 0 saturated carbocycles. The minimum absolute atomic E-state index is 0.214. The lowest BCUT2D eigenvalue weighted by Gasteiger charge is -2.39. The molecule has 1 atom stereocenters. The van der Waals surface area contributed by atoms with Crippen LogP contribution in [0.3, 0.4) is 0 Å². The van der Waals surface area contributed by atoms with Crippen LogP contribution in [0.1, 0.15) is 16.5 Å². The number of hydrogen-bond donors (Lipinski definition) is 1. The normalized spacial score (nSPS) is 18.3. The Morgan fingerprint density at radius 3 is 2.70 bits per heavy atom. The van der Waals surface area contributed by atoms with Crippen LogP contribution in [0, 0.1) is 17.2 Å². The molecule has 1 aromatic rings. The van der Waals surface area contributed by atoms with Crippen molar-refractivity contribution in [3.8, 4) is 6.07 Å². The number of carbonyl (C=O) groups is 1. The van der Waals surface area contributed by atoms with Gasteiger partial charge in [0.25, 0.3) is 0 Å². The van der Waals surface area contributed by atoms with Gasteiger partial charge in [0, 0.05) is 19.6 Å². The number of rotatable bonds is 4. The SMILES string of the molecule is N#CC(CN1CC(n2cc(C(=O)O)nn2)C1)C(F)(F)F. The van der Waals surface area contributed by atoms with Crippen LogP contribution in [0.25, 0.3) is 0 Å². The maximum atomic E-state index is 12.4. The first-order chi connectivity index (χ1) is 9.31. The van der Waals surface area contributed by atoms with Crippen molar-refractivity contribution in [2.75, 3.05) is 19.6 Å². The summed E-state index contributed by atoms with van der Waals surface area (Å²) in [4.78, 5) is 12.1. The molecule has 1 aliphatic rings. The molecule has 10 heteroatoms. The molecule has 1 fully saturated rings. The zero-order valence-corrected chi connectivity index (χ0v) is 10.1. The monoisotopic (exact) mass is 289 g/mol. The van der Waals surface area contributed by atoms with Gasteiger partial charge in [-0.2, -0.15) is 18.4 Å². The maximum absolute atomic E-state index is 12.4. The molecule has 0 bridgehead atoms. The summed E-state index contributed by atoms with van der Waals surface area (Å²) in [6, 6.07) is 1.02. The van der Waals surface area contributed by atoms with Crippen molar-refractivity contribution in [3.05, 3.63) is 11.9 Å². The van der Waals surface area contributed by atoms with Crippen molar-refractivity contribution in [2.45, 2.75) is 12.2 Å². The van der Waals surface area contributed by atoms with Crippen LogP contribution in [-0.4, -0.2) is 56.8 Å².